The number of nitrogens with one attached hydrogen (secondary N) is 2. The third kappa shape index (κ3) is 5.73. The molecule has 0 unspecified atom stereocenters. The van der Waals surface area contributed by atoms with E-state index in [1.807, 2.05) is 62.4 Å². The Balaban J connectivity index is 1.78. The van der Waals surface area contributed by atoms with Crippen LogP contribution in [0.3, 0.4) is 0 Å². The van der Waals surface area contributed by atoms with Crippen LogP contribution < -0.4 is 10.6 Å². The first kappa shape index (κ1) is 21.6. The summed E-state index contributed by atoms with van der Waals surface area (Å²) in [6, 6.07) is 15.3. The second-order valence-electron chi connectivity index (χ2n) is 6.81. The number of rotatable bonds is 6. The number of nitrogens with zero attached hydrogens (tertiary/aromatic N) is 1. The van der Waals surface area contributed by atoms with Crippen molar-refractivity contribution in [3.63, 3.8) is 0 Å². The van der Waals surface area contributed by atoms with Crippen LogP contribution in [0.25, 0.3) is 0 Å². The summed E-state index contributed by atoms with van der Waals surface area (Å²) in [6.45, 7) is 5.90. The van der Waals surface area contributed by atoms with E-state index in [0.717, 1.165) is 22.6 Å². The third-order valence-electron chi connectivity index (χ3n) is 4.44. The van der Waals surface area contributed by atoms with E-state index in [2.05, 4.69) is 10.6 Å². The van der Waals surface area contributed by atoms with E-state index in [9.17, 15) is 9.59 Å². The molecule has 3 rings (SSSR count). The standard InChI is InChI=1S/C23H25N3O3S/c1-4-29-22(27)14-17-13-21(25-20-12-8-7-11-19(20)24-17)30-16(3)23(28)26-18-10-6-5-9-15(18)2/h5-13,16,24H,4,14H2,1-3H3,(H,26,28)/t16-/m0/s1. The summed E-state index contributed by atoms with van der Waals surface area (Å²) in [5.41, 5.74) is 4.03. The van der Waals surface area contributed by atoms with E-state index in [-0.39, 0.29) is 23.5 Å². The van der Waals surface area contributed by atoms with E-state index in [0.29, 0.717) is 17.3 Å². The van der Waals surface area contributed by atoms with Gasteiger partial charge in [0.25, 0.3) is 0 Å². The molecule has 156 valence electrons. The maximum absolute atomic E-state index is 12.7. The maximum Gasteiger partial charge on any atom is 0.311 e. The summed E-state index contributed by atoms with van der Waals surface area (Å²) in [4.78, 5) is 29.4. The minimum atomic E-state index is -0.381. The summed E-state index contributed by atoms with van der Waals surface area (Å²) in [6.07, 6.45) is 1.91. The Morgan fingerprint density at radius 3 is 2.67 bits per heavy atom. The molecule has 0 saturated heterocycles. The first-order chi connectivity index (χ1) is 14.5. The highest BCUT2D eigenvalue weighted by Crippen LogP contribution is 2.32. The highest BCUT2D eigenvalue weighted by Gasteiger charge is 2.20. The zero-order chi connectivity index (χ0) is 21.5. The van der Waals surface area contributed by atoms with Crippen molar-refractivity contribution in [3.05, 3.63) is 65.9 Å². The van der Waals surface area contributed by atoms with Crippen molar-refractivity contribution in [2.24, 2.45) is 4.99 Å². The normalized spacial score (nSPS) is 13.7. The number of thioether (sulfide) groups is 1. The molecule has 0 fully saturated rings. The first-order valence-electron chi connectivity index (χ1n) is 9.80. The van der Waals surface area contributed by atoms with Gasteiger partial charge in [-0.3, -0.25) is 9.59 Å². The molecule has 2 aromatic carbocycles. The zero-order valence-electron chi connectivity index (χ0n) is 17.3. The van der Waals surface area contributed by atoms with Crippen LogP contribution in [0.1, 0.15) is 25.8 Å². The third-order valence-corrected chi connectivity index (χ3v) is 5.46. The van der Waals surface area contributed by atoms with Crippen LogP contribution in [0.2, 0.25) is 0 Å². The molecule has 1 heterocycles. The van der Waals surface area contributed by atoms with E-state index in [4.69, 9.17) is 9.73 Å². The summed E-state index contributed by atoms with van der Waals surface area (Å²) in [5.74, 6) is -0.423. The monoisotopic (exact) mass is 423 g/mol. The Kier molecular flexibility index (Phi) is 7.30. The van der Waals surface area contributed by atoms with Gasteiger partial charge in [-0.15, -0.1) is 0 Å². The highest BCUT2D eigenvalue weighted by atomic mass is 32.2. The van der Waals surface area contributed by atoms with Crippen molar-refractivity contribution in [1.29, 1.82) is 0 Å². The van der Waals surface area contributed by atoms with Crippen LogP contribution in [-0.2, 0) is 14.3 Å². The first-order valence-corrected chi connectivity index (χ1v) is 10.7. The van der Waals surface area contributed by atoms with Gasteiger partial charge in [-0.1, -0.05) is 42.1 Å². The minimum Gasteiger partial charge on any atom is -0.466 e. The molecule has 0 spiro atoms. The lowest BCUT2D eigenvalue weighted by Gasteiger charge is -2.13. The highest BCUT2D eigenvalue weighted by molar-refractivity contribution is 8.15. The number of aliphatic imine (C=N–C) groups is 1. The Labute approximate surface area is 180 Å². The van der Waals surface area contributed by atoms with Gasteiger partial charge in [-0.05, 0) is 50.6 Å². The number of fused-ring (bicyclic) bond motifs is 1. The summed E-state index contributed by atoms with van der Waals surface area (Å²) in [5, 5.41) is 6.50. The van der Waals surface area contributed by atoms with Crippen LogP contribution in [0, 0.1) is 6.92 Å². The Morgan fingerprint density at radius 1 is 1.17 bits per heavy atom. The molecule has 0 radical (unpaired) electrons. The van der Waals surface area contributed by atoms with Crippen LogP contribution in [0.5, 0.6) is 0 Å². The largest absolute Gasteiger partial charge is 0.466 e. The number of aryl methyl sites for hydroxylation is 1. The number of hydrogen-bond donors (Lipinski definition) is 2. The summed E-state index contributed by atoms with van der Waals surface area (Å²) < 4.78 is 5.07. The number of hydrogen-bond acceptors (Lipinski definition) is 6. The molecule has 2 N–H and O–H groups in total. The van der Waals surface area contributed by atoms with Crippen molar-refractivity contribution in [2.75, 3.05) is 17.2 Å². The molecule has 0 bridgehead atoms. The lowest BCUT2D eigenvalue weighted by molar-refractivity contribution is -0.142. The Hall–Kier alpha value is -3.06. The van der Waals surface area contributed by atoms with E-state index >= 15 is 0 Å². The van der Waals surface area contributed by atoms with Gasteiger partial charge in [0, 0.05) is 11.4 Å². The molecule has 1 amide bonds. The van der Waals surface area contributed by atoms with E-state index < -0.39 is 0 Å². The van der Waals surface area contributed by atoms with Crippen molar-refractivity contribution >= 4 is 45.7 Å². The second kappa shape index (κ2) is 10.1. The number of anilines is 2. The lowest BCUT2D eigenvalue weighted by Crippen LogP contribution is -2.24. The van der Waals surface area contributed by atoms with Crippen molar-refractivity contribution in [1.82, 2.24) is 0 Å². The molecule has 30 heavy (non-hydrogen) atoms. The number of amides is 1. The second-order valence-corrected chi connectivity index (χ2v) is 8.17. The molecule has 7 heteroatoms. The predicted molar refractivity (Wildman–Crippen MR) is 123 cm³/mol. The zero-order valence-corrected chi connectivity index (χ0v) is 18.1. The topological polar surface area (TPSA) is 79.8 Å². The van der Waals surface area contributed by atoms with Crippen LogP contribution in [0.4, 0.5) is 17.1 Å². The molecule has 2 aromatic rings. The number of carbonyl (C=O) groups is 2. The van der Waals surface area contributed by atoms with E-state index in [1.54, 1.807) is 13.0 Å². The average Bonchev–Trinajstić information content (AvgIpc) is 2.88. The fraction of sp³-hybridized carbons (Fsp3) is 0.261. The van der Waals surface area contributed by atoms with Crippen LogP contribution >= 0.6 is 11.8 Å². The Bertz CT molecular complexity index is 1000. The van der Waals surface area contributed by atoms with Crippen LogP contribution in [-0.4, -0.2) is 28.8 Å². The molecule has 1 atom stereocenters. The molecular weight excluding hydrogens is 398 g/mol. The number of benzene rings is 2. The van der Waals surface area contributed by atoms with Gasteiger partial charge < -0.3 is 15.4 Å². The minimum absolute atomic E-state index is 0.103. The number of para-hydroxylation sites is 3. The molecule has 0 aliphatic carbocycles. The van der Waals surface area contributed by atoms with Crippen molar-refractivity contribution in [3.8, 4) is 0 Å². The molecule has 0 aromatic heterocycles. The van der Waals surface area contributed by atoms with Gasteiger partial charge >= 0.3 is 5.97 Å². The van der Waals surface area contributed by atoms with Gasteiger partial charge in [0.2, 0.25) is 5.91 Å². The number of esters is 1. The van der Waals surface area contributed by atoms with E-state index in [1.165, 1.54) is 11.8 Å². The number of ether oxygens (including phenoxy) is 1. The number of carbonyl (C=O) groups excluding carboxylic acids is 2. The van der Waals surface area contributed by atoms with Crippen molar-refractivity contribution < 1.29 is 14.3 Å². The van der Waals surface area contributed by atoms with Gasteiger partial charge in [0.1, 0.15) is 0 Å². The van der Waals surface area contributed by atoms with Gasteiger partial charge in [0.05, 0.1) is 34.7 Å². The quantitative estimate of drug-likeness (QED) is 0.636. The lowest BCUT2D eigenvalue weighted by atomic mass is 10.2. The average molecular weight is 424 g/mol. The van der Waals surface area contributed by atoms with Gasteiger partial charge in [0.15, 0.2) is 0 Å². The fourth-order valence-corrected chi connectivity index (χ4v) is 3.78. The maximum atomic E-state index is 12.7. The molecule has 1 aliphatic rings. The molecular formula is C23H25N3O3S. The summed E-state index contributed by atoms with van der Waals surface area (Å²) >= 11 is 1.34. The predicted octanol–water partition coefficient (Wildman–Crippen LogP) is 5.05. The molecule has 0 saturated carbocycles. The summed E-state index contributed by atoms with van der Waals surface area (Å²) in [7, 11) is 0. The Morgan fingerprint density at radius 2 is 1.90 bits per heavy atom. The molecule has 6 nitrogen and oxygen atoms in total. The fourth-order valence-electron chi connectivity index (χ4n) is 2.89. The smallest absolute Gasteiger partial charge is 0.311 e. The van der Waals surface area contributed by atoms with Gasteiger partial charge in [-0.2, -0.15) is 0 Å². The SMILES string of the molecule is CCOC(=O)CC1=CC(S[C@@H](C)C(=O)Nc2ccccc2C)=Nc2ccccc2N1. The van der Waals surface area contributed by atoms with Crippen molar-refractivity contribution in [2.45, 2.75) is 32.4 Å². The van der Waals surface area contributed by atoms with Gasteiger partial charge in [-0.25, -0.2) is 4.99 Å². The molecule has 1 aliphatic heterocycles. The van der Waals surface area contributed by atoms with Crippen LogP contribution in [0.15, 0.2) is 65.3 Å².